The average molecular weight is 426 g/mol. The molecule has 0 amide bonds. The zero-order valence-electron chi connectivity index (χ0n) is 27.0. The molecule has 30 heavy (non-hydrogen) atoms. The van der Waals surface area contributed by atoms with Gasteiger partial charge in [-0.2, -0.15) is 0 Å². The number of nitrogens with one attached hydrogen (secondary N) is 1. The molecule has 5 nitrogen and oxygen atoms in total. The number of unbranched alkanes of at least 4 members (excludes halogenated alkanes) is 2. The Morgan fingerprint density at radius 2 is 1.87 bits per heavy atom. The van der Waals surface area contributed by atoms with Crippen molar-refractivity contribution in [3.8, 4) is 5.75 Å². The Kier molecular flexibility index (Phi) is 6.73. The molecule has 0 radical (unpaired) electrons. The SMILES string of the molecule is [2H]c1c([2H])c(C([2H])(O)C([2H])([2H])NC([2H])([2H])CCCCCOC([2H])([2H])CCCc2ccccc2)c([2H])c(CO)c1O. The van der Waals surface area contributed by atoms with Crippen molar-refractivity contribution in [2.24, 2.45) is 0 Å². The van der Waals surface area contributed by atoms with Gasteiger partial charge in [-0.1, -0.05) is 49.2 Å². The minimum absolute atomic E-state index is 0.115. The molecule has 2 aromatic rings. The summed E-state index contributed by atoms with van der Waals surface area (Å²) in [7, 11) is 0. The van der Waals surface area contributed by atoms with E-state index in [9.17, 15) is 15.3 Å². The van der Waals surface area contributed by atoms with Crippen LogP contribution in [0.1, 0.15) is 75.0 Å². The third kappa shape index (κ3) is 9.72. The molecule has 0 saturated heterocycles. The topological polar surface area (TPSA) is 82.0 Å². The van der Waals surface area contributed by atoms with Crippen molar-refractivity contribution in [3.05, 3.63) is 65.1 Å². The van der Waals surface area contributed by atoms with E-state index in [0.29, 0.717) is 19.3 Å². The summed E-state index contributed by atoms with van der Waals surface area (Å²) in [5.74, 6) is -0.898. The molecule has 1 unspecified atom stereocenters. The minimum Gasteiger partial charge on any atom is -0.508 e. The van der Waals surface area contributed by atoms with Gasteiger partial charge in [-0.05, 0) is 61.8 Å². The molecule has 2 aromatic carbocycles. The molecule has 0 spiro atoms. The molecule has 2 rings (SSSR count). The second-order valence-electron chi connectivity index (χ2n) is 6.65. The smallest absolute Gasteiger partial charge is 0.121 e. The Morgan fingerprint density at radius 3 is 2.67 bits per heavy atom. The maximum absolute atomic E-state index is 10.7. The van der Waals surface area contributed by atoms with Crippen LogP contribution in [0.4, 0.5) is 0 Å². The van der Waals surface area contributed by atoms with Crippen LogP contribution in [0.5, 0.6) is 5.75 Å². The summed E-state index contributed by atoms with van der Waals surface area (Å²) in [6.07, 6.45) is -0.991. The van der Waals surface area contributed by atoms with E-state index in [4.69, 9.17) is 18.4 Å². The minimum atomic E-state index is -3.43. The second-order valence-corrected chi connectivity index (χ2v) is 6.65. The third-order valence-electron chi connectivity index (χ3n) is 4.27. The van der Waals surface area contributed by atoms with Gasteiger partial charge in [-0.3, -0.25) is 0 Å². The highest BCUT2D eigenvalue weighted by Crippen LogP contribution is 2.22. The average Bonchev–Trinajstić information content (AvgIpc) is 2.85. The van der Waals surface area contributed by atoms with Gasteiger partial charge in [0.2, 0.25) is 0 Å². The van der Waals surface area contributed by atoms with Crippen molar-refractivity contribution in [1.82, 2.24) is 5.32 Å². The number of rotatable bonds is 16. The lowest BCUT2D eigenvalue weighted by molar-refractivity contribution is 0.126. The van der Waals surface area contributed by atoms with Crippen LogP contribution in [0.3, 0.4) is 0 Å². The predicted molar refractivity (Wildman–Crippen MR) is 121 cm³/mol. The first-order valence-electron chi connectivity index (χ1n) is 15.1. The van der Waals surface area contributed by atoms with Gasteiger partial charge < -0.3 is 25.4 Å². The molecule has 0 heterocycles. The lowest BCUT2D eigenvalue weighted by Gasteiger charge is -2.14. The molecule has 0 fully saturated rings. The first kappa shape index (κ1) is 13.5. The van der Waals surface area contributed by atoms with Crippen molar-refractivity contribution in [3.63, 3.8) is 0 Å². The predicted octanol–water partition coefficient (Wildman–Crippen LogP) is 4.11. The van der Waals surface area contributed by atoms with Crippen LogP contribution >= 0.6 is 0 Å². The van der Waals surface area contributed by atoms with Crippen LogP contribution in [0.15, 0.2) is 48.5 Å². The normalized spacial score (nSPS) is 19.5. The van der Waals surface area contributed by atoms with Crippen molar-refractivity contribution in [1.29, 1.82) is 0 Å². The summed E-state index contributed by atoms with van der Waals surface area (Å²) < 4.78 is 85.9. The maximum Gasteiger partial charge on any atom is 0.121 e. The van der Waals surface area contributed by atoms with Crippen LogP contribution in [0, 0.1) is 0 Å². The van der Waals surface area contributed by atoms with E-state index in [2.05, 4.69) is 0 Å². The first-order valence-corrected chi connectivity index (χ1v) is 10.1. The summed E-state index contributed by atoms with van der Waals surface area (Å²) in [5.41, 5.74) is -0.445. The largest absolute Gasteiger partial charge is 0.508 e. The maximum atomic E-state index is 10.7. The Labute approximate surface area is 194 Å². The number of ether oxygens (including phenoxy) is 1. The highest BCUT2D eigenvalue weighted by atomic mass is 16.5. The van der Waals surface area contributed by atoms with Crippen molar-refractivity contribution in [2.45, 2.75) is 57.6 Å². The van der Waals surface area contributed by atoms with Gasteiger partial charge in [0, 0.05) is 30.7 Å². The van der Waals surface area contributed by atoms with E-state index in [1.807, 2.05) is 35.6 Å². The number of hydrogen-bond donors (Lipinski definition) is 4. The fourth-order valence-electron chi connectivity index (χ4n) is 2.62. The van der Waals surface area contributed by atoms with Gasteiger partial charge in [0.1, 0.15) is 5.75 Å². The number of aryl methyl sites for hydroxylation is 1. The van der Waals surface area contributed by atoms with Crippen molar-refractivity contribution < 1.29 is 33.8 Å². The van der Waals surface area contributed by atoms with Crippen molar-refractivity contribution in [2.75, 3.05) is 26.2 Å². The second kappa shape index (κ2) is 15.0. The van der Waals surface area contributed by atoms with E-state index in [-0.39, 0.29) is 25.9 Å². The lowest BCUT2D eigenvalue weighted by Crippen LogP contribution is -2.22. The molecule has 166 valence electrons. The van der Waals surface area contributed by atoms with Gasteiger partial charge >= 0.3 is 0 Å². The molecule has 4 N–H and O–H groups in total. The van der Waals surface area contributed by atoms with Crippen LogP contribution in [-0.2, 0) is 17.8 Å². The Bertz CT molecular complexity index is 1120. The molecule has 0 bridgehead atoms. The summed E-state index contributed by atoms with van der Waals surface area (Å²) >= 11 is 0. The summed E-state index contributed by atoms with van der Waals surface area (Å²) in [5, 5.41) is 32.0. The van der Waals surface area contributed by atoms with Crippen molar-refractivity contribution >= 4 is 0 Å². The highest BCUT2D eigenvalue weighted by molar-refractivity contribution is 5.36. The molecular weight excluding hydrogens is 378 g/mol. The third-order valence-corrected chi connectivity index (χ3v) is 4.27. The van der Waals surface area contributed by atoms with Gasteiger partial charge in [-0.15, -0.1) is 0 Å². The fourth-order valence-corrected chi connectivity index (χ4v) is 2.62. The molecule has 5 heteroatoms. The molecular formula is C25H37NO4. The number of aromatic hydroxyl groups is 1. The van der Waals surface area contributed by atoms with E-state index >= 15 is 0 Å². The van der Waals surface area contributed by atoms with Crippen LogP contribution in [0.25, 0.3) is 0 Å². The van der Waals surface area contributed by atoms with Gasteiger partial charge in [0.25, 0.3) is 0 Å². The Balaban J connectivity index is 1.88. The molecule has 0 aromatic heterocycles. The van der Waals surface area contributed by atoms with E-state index in [1.165, 1.54) is 0 Å². The first-order chi connectivity index (χ1) is 18.5. The summed E-state index contributed by atoms with van der Waals surface area (Å²) in [6, 6.07) is 6.92. The van der Waals surface area contributed by atoms with E-state index in [0.717, 1.165) is 12.0 Å². The Hall–Kier alpha value is -1.92. The number of hydrogen-bond acceptors (Lipinski definition) is 5. The molecule has 1 atom stereocenters. The summed E-state index contributed by atoms with van der Waals surface area (Å²) in [6.45, 7) is -8.33. The van der Waals surface area contributed by atoms with Gasteiger partial charge in [0.05, 0.1) is 20.9 Å². The highest BCUT2D eigenvalue weighted by Gasteiger charge is 2.09. The van der Waals surface area contributed by atoms with Gasteiger partial charge in [0.15, 0.2) is 0 Å². The van der Waals surface area contributed by atoms with Crippen LogP contribution in [0.2, 0.25) is 0 Å². The summed E-state index contributed by atoms with van der Waals surface area (Å²) in [4.78, 5) is 0. The van der Waals surface area contributed by atoms with Crippen LogP contribution < -0.4 is 5.32 Å². The lowest BCUT2D eigenvalue weighted by atomic mass is 10.1. The Morgan fingerprint density at radius 1 is 1.07 bits per heavy atom. The molecule has 0 aliphatic rings. The van der Waals surface area contributed by atoms with E-state index < -0.39 is 67.2 Å². The van der Waals surface area contributed by atoms with E-state index in [1.54, 1.807) is 0 Å². The number of benzene rings is 2. The molecule has 0 saturated carbocycles. The number of phenols is 1. The monoisotopic (exact) mass is 425 g/mol. The number of aliphatic hydroxyl groups is 2. The molecule has 0 aliphatic carbocycles. The molecule has 0 aliphatic heterocycles. The zero-order chi connectivity index (χ0) is 30.4. The number of aliphatic hydroxyl groups excluding tert-OH is 1. The fraction of sp³-hybridized carbons (Fsp3) is 0.520. The quantitative estimate of drug-likeness (QED) is 0.304. The zero-order valence-corrected chi connectivity index (χ0v) is 17.0. The van der Waals surface area contributed by atoms with Crippen LogP contribution in [-0.4, -0.2) is 41.5 Å². The standard InChI is InChI=1S/C25H37NO4/c27-20-23-18-22(13-14-24(23)28)25(29)19-26-15-7-1-2-8-16-30-17-9-6-12-21-10-4-3-5-11-21/h3-5,10-11,13-14,18,25-29H,1-2,6-9,12,15-17,19-20H2/i13D,14D,15D2,17D2,18D,19D2,25D. The van der Waals surface area contributed by atoms with Gasteiger partial charge in [-0.25, -0.2) is 0 Å².